The predicted molar refractivity (Wildman–Crippen MR) is 111 cm³/mol. The van der Waals surface area contributed by atoms with E-state index in [1.165, 1.54) is 13.5 Å². The van der Waals surface area contributed by atoms with Crippen molar-refractivity contribution in [1.29, 1.82) is 0 Å². The molecule has 9 heteroatoms. The molecule has 0 N–H and O–H groups in total. The van der Waals surface area contributed by atoms with Crippen LogP contribution in [-0.2, 0) is 24.1 Å². The fourth-order valence-corrected chi connectivity index (χ4v) is 4.91. The summed E-state index contributed by atoms with van der Waals surface area (Å²) >= 11 is 0. The highest BCUT2D eigenvalue weighted by Gasteiger charge is 2.35. The second-order valence-corrected chi connectivity index (χ2v) is 8.60. The number of ether oxygens (including phenoxy) is 1. The molecule has 1 fully saturated rings. The zero-order chi connectivity index (χ0) is 21.7. The summed E-state index contributed by atoms with van der Waals surface area (Å²) in [6.07, 6.45) is 2.80. The molecule has 2 aromatic rings. The Labute approximate surface area is 180 Å². The number of rotatable bonds is 3. The number of hydrogen-bond donors (Lipinski definition) is 0. The molecular weight excluding hydrogens is 404 g/mol. The van der Waals surface area contributed by atoms with Crippen molar-refractivity contribution in [2.45, 2.75) is 64.5 Å². The van der Waals surface area contributed by atoms with Gasteiger partial charge in [-0.2, -0.15) is 5.10 Å². The van der Waals surface area contributed by atoms with Gasteiger partial charge in [-0.1, -0.05) is 0 Å². The summed E-state index contributed by atoms with van der Waals surface area (Å²) in [7, 11) is 1.39. The molecule has 0 radical (unpaired) electrons. The van der Waals surface area contributed by atoms with Crippen LogP contribution in [0.4, 0.5) is 25.1 Å². The van der Waals surface area contributed by atoms with Crippen LogP contribution in [0.5, 0.6) is 0 Å². The van der Waals surface area contributed by atoms with E-state index in [0.29, 0.717) is 43.5 Å². The van der Waals surface area contributed by atoms with E-state index in [0.717, 1.165) is 48.5 Å². The summed E-state index contributed by atoms with van der Waals surface area (Å²) in [6, 6.07) is 1.96. The van der Waals surface area contributed by atoms with Gasteiger partial charge in [0.25, 0.3) is 6.43 Å². The molecule has 2 aliphatic heterocycles. The lowest BCUT2D eigenvalue weighted by Gasteiger charge is -2.32. The standard InChI is InChI=1S/C22H27F2N5O2/c1-13-15(20(23)24)11-19-17(25-13)7-4-9-28(19)21-16-12-27(22(30)31-2)10-8-18(16)29(26-21)14-5-3-6-14/h11,14,20H,3-10,12H2,1-2H3. The zero-order valence-electron chi connectivity index (χ0n) is 17.9. The first-order chi connectivity index (χ1) is 15.0. The van der Waals surface area contributed by atoms with Crippen molar-refractivity contribution in [1.82, 2.24) is 19.7 Å². The maximum Gasteiger partial charge on any atom is 0.409 e. The van der Waals surface area contributed by atoms with Crippen molar-refractivity contribution in [3.8, 4) is 0 Å². The molecule has 0 saturated heterocycles. The number of aromatic nitrogens is 3. The maximum absolute atomic E-state index is 13.6. The number of aryl methyl sites for hydroxylation is 2. The Morgan fingerprint density at radius 1 is 1.23 bits per heavy atom. The van der Waals surface area contributed by atoms with Gasteiger partial charge in [-0.3, -0.25) is 9.67 Å². The van der Waals surface area contributed by atoms with Crippen molar-refractivity contribution in [3.63, 3.8) is 0 Å². The van der Waals surface area contributed by atoms with E-state index in [1.807, 2.05) is 4.90 Å². The summed E-state index contributed by atoms with van der Waals surface area (Å²) in [4.78, 5) is 20.4. The van der Waals surface area contributed by atoms with Crippen LogP contribution >= 0.6 is 0 Å². The van der Waals surface area contributed by atoms with Crippen LogP contribution < -0.4 is 4.90 Å². The van der Waals surface area contributed by atoms with Crippen molar-refractivity contribution < 1.29 is 18.3 Å². The van der Waals surface area contributed by atoms with Crippen molar-refractivity contribution in [2.75, 3.05) is 25.1 Å². The third-order valence-electron chi connectivity index (χ3n) is 6.80. The monoisotopic (exact) mass is 431 g/mol. The second kappa shape index (κ2) is 7.76. The van der Waals surface area contributed by atoms with Gasteiger partial charge in [-0.15, -0.1) is 0 Å². The number of amides is 1. The first-order valence-electron chi connectivity index (χ1n) is 11.0. The number of anilines is 2. The van der Waals surface area contributed by atoms with Crippen molar-refractivity contribution >= 4 is 17.6 Å². The number of fused-ring (bicyclic) bond motifs is 2. The van der Waals surface area contributed by atoms with Gasteiger partial charge >= 0.3 is 6.09 Å². The third-order valence-corrected chi connectivity index (χ3v) is 6.80. The number of methoxy groups -OCH3 is 1. The maximum atomic E-state index is 13.6. The van der Waals surface area contributed by atoms with Crippen LogP contribution in [0, 0.1) is 6.92 Å². The fraction of sp³-hybridized carbons (Fsp3) is 0.591. The van der Waals surface area contributed by atoms with E-state index < -0.39 is 6.43 Å². The number of halogens is 2. The highest BCUT2D eigenvalue weighted by molar-refractivity contribution is 5.71. The Hall–Kier alpha value is -2.71. The van der Waals surface area contributed by atoms with Gasteiger partial charge in [0.05, 0.1) is 31.1 Å². The molecular formula is C22H27F2N5O2. The molecule has 1 amide bonds. The van der Waals surface area contributed by atoms with Gasteiger partial charge in [0.15, 0.2) is 5.82 Å². The summed E-state index contributed by atoms with van der Waals surface area (Å²) in [5.41, 5.74) is 4.05. The lowest BCUT2D eigenvalue weighted by atomic mass is 9.92. The second-order valence-electron chi connectivity index (χ2n) is 8.60. The number of carbonyl (C=O) groups excluding carboxylic acids is 1. The molecule has 7 nitrogen and oxygen atoms in total. The lowest BCUT2D eigenvalue weighted by molar-refractivity contribution is 0.118. The van der Waals surface area contributed by atoms with Gasteiger partial charge in [0, 0.05) is 42.0 Å². The minimum Gasteiger partial charge on any atom is -0.453 e. The van der Waals surface area contributed by atoms with Crippen LogP contribution in [0.1, 0.15) is 66.4 Å². The lowest BCUT2D eigenvalue weighted by Crippen LogP contribution is -2.37. The van der Waals surface area contributed by atoms with Crippen LogP contribution in [0.25, 0.3) is 0 Å². The van der Waals surface area contributed by atoms with Gasteiger partial charge in [-0.05, 0) is 45.1 Å². The van der Waals surface area contributed by atoms with Crippen molar-refractivity contribution in [2.24, 2.45) is 0 Å². The molecule has 0 unspecified atom stereocenters. The van der Waals surface area contributed by atoms with Crippen LogP contribution in [0.2, 0.25) is 0 Å². The largest absolute Gasteiger partial charge is 0.453 e. The highest BCUT2D eigenvalue weighted by atomic mass is 19.3. The van der Waals surface area contributed by atoms with E-state index in [4.69, 9.17) is 9.84 Å². The zero-order valence-corrected chi connectivity index (χ0v) is 17.9. The van der Waals surface area contributed by atoms with Crippen LogP contribution in [0.3, 0.4) is 0 Å². The average Bonchev–Trinajstić information content (AvgIpc) is 3.09. The summed E-state index contributed by atoms with van der Waals surface area (Å²) < 4.78 is 34.3. The molecule has 0 atom stereocenters. The van der Waals surface area contributed by atoms with E-state index in [-0.39, 0.29) is 11.7 Å². The molecule has 2 aromatic heterocycles. The Balaban J connectivity index is 1.61. The Bertz CT molecular complexity index is 1020. The minimum atomic E-state index is -2.57. The molecule has 0 spiro atoms. The van der Waals surface area contributed by atoms with E-state index in [1.54, 1.807) is 17.9 Å². The van der Waals surface area contributed by atoms with E-state index in [9.17, 15) is 13.6 Å². The molecule has 4 heterocycles. The van der Waals surface area contributed by atoms with Gasteiger partial charge in [0.1, 0.15) is 0 Å². The minimum absolute atomic E-state index is 0.0332. The average molecular weight is 431 g/mol. The summed E-state index contributed by atoms with van der Waals surface area (Å²) in [6.45, 7) is 3.33. The molecule has 1 aliphatic carbocycles. The van der Waals surface area contributed by atoms with Crippen LogP contribution in [-0.4, -0.2) is 46.0 Å². The first-order valence-corrected chi connectivity index (χ1v) is 11.0. The Morgan fingerprint density at radius 2 is 2.03 bits per heavy atom. The summed E-state index contributed by atoms with van der Waals surface area (Å²) in [5, 5.41) is 5.00. The van der Waals surface area contributed by atoms with Crippen molar-refractivity contribution in [3.05, 3.63) is 34.3 Å². The van der Waals surface area contributed by atoms with Crippen LogP contribution in [0.15, 0.2) is 6.07 Å². The Morgan fingerprint density at radius 3 is 2.71 bits per heavy atom. The number of nitrogens with zero attached hydrogens (tertiary/aromatic N) is 5. The number of carbonyl (C=O) groups is 1. The smallest absolute Gasteiger partial charge is 0.409 e. The Kier molecular flexibility index (Phi) is 5.06. The summed E-state index contributed by atoms with van der Waals surface area (Å²) in [5.74, 6) is 0.766. The number of alkyl halides is 2. The molecule has 31 heavy (non-hydrogen) atoms. The molecule has 0 bridgehead atoms. The van der Waals surface area contributed by atoms with E-state index >= 15 is 0 Å². The molecule has 0 aromatic carbocycles. The van der Waals surface area contributed by atoms with Gasteiger partial charge in [-0.25, -0.2) is 13.6 Å². The topological polar surface area (TPSA) is 63.5 Å². The van der Waals surface area contributed by atoms with E-state index in [2.05, 4.69) is 9.67 Å². The first kappa shape index (κ1) is 20.2. The number of hydrogen-bond acceptors (Lipinski definition) is 5. The molecule has 3 aliphatic rings. The number of pyridine rings is 1. The third kappa shape index (κ3) is 3.34. The molecule has 166 valence electrons. The quantitative estimate of drug-likeness (QED) is 0.718. The normalized spacial score (nSPS) is 18.6. The van der Waals surface area contributed by atoms with Gasteiger partial charge < -0.3 is 14.5 Å². The molecule has 5 rings (SSSR count). The SMILES string of the molecule is COC(=O)N1CCc2c(c(N3CCCc4nc(C)c(C(F)F)cc43)nn2C2CCC2)C1. The van der Waals surface area contributed by atoms with Gasteiger partial charge in [0.2, 0.25) is 0 Å². The highest BCUT2D eigenvalue weighted by Crippen LogP contribution is 2.42. The fourth-order valence-electron chi connectivity index (χ4n) is 4.91. The molecule has 1 saturated carbocycles. The predicted octanol–water partition coefficient (Wildman–Crippen LogP) is 4.46.